The van der Waals surface area contributed by atoms with Crippen LogP contribution >= 0.6 is 23.1 Å². The Labute approximate surface area is 184 Å². The average Bonchev–Trinajstić information content (AvgIpc) is 3.40. The lowest BCUT2D eigenvalue weighted by Gasteiger charge is -2.24. The van der Waals surface area contributed by atoms with Crippen molar-refractivity contribution in [2.24, 2.45) is 0 Å². The Balaban J connectivity index is 1.81. The Morgan fingerprint density at radius 1 is 1.27 bits per heavy atom. The molecule has 1 unspecified atom stereocenters. The van der Waals surface area contributed by atoms with Crippen molar-refractivity contribution >= 4 is 54.2 Å². The van der Waals surface area contributed by atoms with Gasteiger partial charge in [0.1, 0.15) is 0 Å². The van der Waals surface area contributed by atoms with Gasteiger partial charge in [-0.2, -0.15) is 0 Å². The number of sulfone groups is 1. The molecule has 1 saturated heterocycles. The predicted octanol–water partition coefficient (Wildman–Crippen LogP) is 4.25. The molecule has 1 atom stereocenters. The van der Waals surface area contributed by atoms with Gasteiger partial charge in [-0.15, -0.1) is 11.8 Å². The minimum atomic E-state index is -3.56. The molecule has 2 aromatic carbocycles. The predicted molar refractivity (Wildman–Crippen MR) is 122 cm³/mol. The number of anilines is 1. The first-order valence-electron chi connectivity index (χ1n) is 9.54. The monoisotopic (exact) mass is 462 g/mol. The Bertz CT molecular complexity index is 1180. The number of hydrogen-bond donors (Lipinski definition) is 0. The maximum Gasteiger partial charge on any atom is 0.261 e. The zero-order chi connectivity index (χ0) is 21.3. The van der Waals surface area contributed by atoms with Crippen LogP contribution in [0.25, 0.3) is 10.2 Å². The van der Waals surface area contributed by atoms with Crippen molar-refractivity contribution < 1.29 is 17.9 Å². The molecule has 3 aromatic rings. The van der Waals surface area contributed by atoms with Gasteiger partial charge in [-0.25, -0.2) is 13.4 Å². The van der Waals surface area contributed by atoms with Gasteiger partial charge < -0.3 is 4.74 Å². The molecule has 4 rings (SSSR count). The van der Waals surface area contributed by atoms with Gasteiger partial charge in [0.2, 0.25) is 0 Å². The summed E-state index contributed by atoms with van der Waals surface area (Å²) in [7, 11) is -3.56. The number of benzene rings is 2. The van der Waals surface area contributed by atoms with Crippen LogP contribution in [0, 0.1) is 0 Å². The molecule has 1 aromatic heterocycles. The van der Waals surface area contributed by atoms with Gasteiger partial charge in [-0.05, 0) is 43.4 Å². The summed E-state index contributed by atoms with van der Waals surface area (Å²) in [6.07, 6.45) is 4.82. The largest absolute Gasteiger partial charge is 0.376 e. The number of carbonyl (C=O) groups is 1. The van der Waals surface area contributed by atoms with E-state index in [1.54, 1.807) is 34.9 Å². The summed E-state index contributed by atoms with van der Waals surface area (Å²) >= 11 is 3.03. The second-order valence-electron chi connectivity index (χ2n) is 7.12. The summed E-state index contributed by atoms with van der Waals surface area (Å²) in [4.78, 5) is 21.0. The quantitative estimate of drug-likeness (QED) is 0.510. The van der Waals surface area contributed by atoms with E-state index >= 15 is 0 Å². The molecule has 1 aliphatic rings. The van der Waals surface area contributed by atoms with Crippen molar-refractivity contribution in [3.8, 4) is 0 Å². The number of para-hydroxylation sites is 1. The molecule has 1 aliphatic heterocycles. The van der Waals surface area contributed by atoms with Gasteiger partial charge in [0, 0.05) is 17.8 Å². The Kier molecular flexibility index (Phi) is 6.15. The number of hydrogen-bond acceptors (Lipinski definition) is 7. The second-order valence-corrected chi connectivity index (χ2v) is 11.0. The molecular weight excluding hydrogens is 440 g/mol. The molecule has 9 heteroatoms. The van der Waals surface area contributed by atoms with Gasteiger partial charge in [-0.1, -0.05) is 29.5 Å². The summed E-state index contributed by atoms with van der Waals surface area (Å²) in [5.41, 5.74) is 1.01. The van der Waals surface area contributed by atoms with Crippen LogP contribution in [0.5, 0.6) is 0 Å². The number of nitrogens with zero attached hydrogens (tertiary/aromatic N) is 2. The molecule has 2 heterocycles. The lowest BCUT2D eigenvalue weighted by atomic mass is 10.1. The maximum atomic E-state index is 13.6. The van der Waals surface area contributed by atoms with Crippen LogP contribution < -0.4 is 4.90 Å². The van der Waals surface area contributed by atoms with Crippen molar-refractivity contribution in [3.05, 3.63) is 48.0 Å². The number of rotatable bonds is 6. The summed E-state index contributed by atoms with van der Waals surface area (Å²) in [6, 6.07) is 12.3. The van der Waals surface area contributed by atoms with Crippen LogP contribution in [-0.2, 0) is 14.6 Å². The van der Waals surface area contributed by atoms with Gasteiger partial charge in [0.05, 0.1) is 33.3 Å². The molecule has 30 heavy (non-hydrogen) atoms. The van der Waals surface area contributed by atoms with E-state index in [2.05, 4.69) is 0 Å². The topological polar surface area (TPSA) is 76.6 Å². The number of ether oxygens (including phenoxy) is 1. The first-order chi connectivity index (χ1) is 14.4. The molecule has 0 spiro atoms. The lowest BCUT2D eigenvalue weighted by Crippen LogP contribution is -2.38. The third-order valence-electron chi connectivity index (χ3n) is 4.99. The molecule has 1 fully saturated rings. The molecule has 0 saturated carbocycles. The normalized spacial score (nSPS) is 16.8. The summed E-state index contributed by atoms with van der Waals surface area (Å²) in [5, 5.41) is 0.551. The maximum absolute atomic E-state index is 13.6. The average molecular weight is 463 g/mol. The summed E-state index contributed by atoms with van der Waals surface area (Å²) < 4.78 is 31.3. The van der Waals surface area contributed by atoms with Gasteiger partial charge in [0.25, 0.3) is 5.91 Å². The van der Waals surface area contributed by atoms with Gasteiger partial charge in [0.15, 0.2) is 15.0 Å². The number of aromatic nitrogens is 1. The SMILES string of the molecule is CSc1cccc2sc(N(CC3CCCO3)C(=O)c3ccccc3S(C)(=O)=O)nc12. The minimum absolute atomic E-state index is 0.0262. The van der Waals surface area contributed by atoms with Crippen LogP contribution in [0.3, 0.4) is 0 Å². The zero-order valence-corrected chi connectivity index (χ0v) is 19.1. The van der Waals surface area contributed by atoms with Crippen molar-refractivity contribution in [1.82, 2.24) is 4.98 Å². The highest BCUT2D eigenvalue weighted by atomic mass is 32.2. The van der Waals surface area contributed by atoms with E-state index in [1.165, 1.54) is 17.4 Å². The van der Waals surface area contributed by atoms with Crippen molar-refractivity contribution in [2.75, 3.05) is 30.6 Å². The van der Waals surface area contributed by atoms with Crippen molar-refractivity contribution in [3.63, 3.8) is 0 Å². The molecule has 158 valence electrons. The fourth-order valence-electron chi connectivity index (χ4n) is 3.54. The first-order valence-corrected chi connectivity index (χ1v) is 13.5. The highest BCUT2D eigenvalue weighted by molar-refractivity contribution is 7.98. The Hall–Kier alpha value is -1.94. The molecule has 0 N–H and O–H groups in total. The van der Waals surface area contributed by atoms with E-state index in [1.807, 2.05) is 24.5 Å². The molecule has 0 bridgehead atoms. The number of thiazole rings is 1. The number of amides is 1. The molecule has 0 aliphatic carbocycles. The third-order valence-corrected chi connectivity index (χ3v) is 7.96. The number of carbonyl (C=O) groups excluding carboxylic acids is 1. The van der Waals surface area contributed by atoms with E-state index in [4.69, 9.17) is 9.72 Å². The minimum Gasteiger partial charge on any atom is -0.376 e. The fourth-order valence-corrected chi connectivity index (χ4v) is 6.05. The zero-order valence-electron chi connectivity index (χ0n) is 16.7. The Morgan fingerprint density at radius 3 is 2.77 bits per heavy atom. The smallest absolute Gasteiger partial charge is 0.261 e. The van der Waals surface area contributed by atoms with E-state index in [0.717, 1.165) is 34.2 Å². The van der Waals surface area contributed by atoms with Crippen molar-refractivity contribution in [2.45, 2.75) is 28.7 Å². The van der Waals surface area contributed by atoms with Crippen LogP contribution in [-0.4, -0.2) is 51.1 Å². The van der Waals surface area contributed by atoms with Crippen LogP contribution in [0.1, 0.15) is 23.2 Å². The Morgan fingerprint density at radius 2 is 2.07 bits per heavy atom. The number of thioether (sulfide) groups is 1. The third kappa shape index (κ3) is 4.25. The lowest BCUT2D eigenvalue weighted by molar-refractivity contribution is 0.0915. The van der Waals surface area contributed by atoms with E-state index < -0.39 is 9.84 Å². The van der Waals surface area contributed by atoms with Crippen LogP contribution in [0.15, 0.2) is 52.3 Å². The highest BCUT2D eigenvalue weighted by Crippen LogP contribution is 2.35. The second kappa shape index (κ2) is 8.66. The van der Waals surface area contributed by atoms with Gasteiger partial charge >= 0.3 is 0 Å². The highest BCUT2D eigenvalue weighted by Gasteiger charge is 2.30. The fraction of sp³-hybridized carbons (Fsp3) is 0.333. The van der Waals surface area contributed by atoms with E-state index in [9.17, 15) is 13.2 Å². The van der Waals surface area contributed by atoms with E-state index in [-0.39, 0.29) is 22.5 Å². The summed E-state index contributed by atoms with van der Waals surface area (Å²) in [5.74, 6) is -0.378. The summed E-state index contributed by atoms with van der Waals surface area (Å²) in [6.45, 7) is 1.01. The van der Waals surface area contributed by atoms with E-state index in [0.29, 0.717) is 18.3 Å². The van der Waals surface area contributed by atoms with Crippen LogP contribution in [0.4, 0.5) is 5.13 Å². The first kappa shape index (κ1) is 21.3. The molecular formula is C21H22N2O4S3. The van der Waals surface area contributed by atoms with Crippen molar-refractivity contribution in [1.29, 1.82) is 0 Å². The molecule has 6 nitrogen and oxygen atoms in total. The molecule has 0 radical (unpaired) electrons. The van der Waals surface area contributed by atoms with Gasteiger partial charge in [-0.3, -0.25) is 9.69 Å². The van der Waals surface area contributed by atoms with Crippen LogP contribution in [0.2, 0.25) is 0 Å². The molecule has 1 amide bonds. The number of fused-ring (bicyclic) bond motifs is 1. The standard InChI is InChI=1S/C21H22N2O4S3/c1-28-16-9-5-10-17-19(16)22-21(29-17)23(13-14-7-6-12-27-14)20(24)15-8-3-4-11-18(15)30(2,25)26/h3-5,8-11,14H,6-7,12-13H2,1-2H3.